The normalized spacial score (nSPS) is 21.4. The molecule has 0 saturated carbocycles. The predicted molar refractivity (Wildman–Crippen MR) is 57.8 cm³/mol. The van der Waals surface area contributed by atoms with Crippen molar-refractivity contribution in [3.8, 4) is 0 Å². The first-order valence-corrected chi connectivity index (χ1v) is 5.38. The molecule has 1 aliphatic rings. The Hall–Kier alpha value is -1.33. The van der Waals surface area contributed by atoms with Crippen molar-refractivity contribution in [2.24, 2.45) is 0 Å². The summed E-state index contributed by atoms with van der Waals surface area (Å²) in [6, 6.07) is 3.70. The molecule has 1 aliphatic heterocycles. The summed E-state index contributed by atoms with van der Waals surface area (Å²) in [6.07, 6.45) is 1.25. The van der Waals surface area contributed by atoms with E-state index >= 15 is 0 Å². The van der Waals surface area contributed by atoms with E-state index in [9.17, 15) is 4.79 Å². The zero-order chi connectivity index (χ0) is 11.4. The second-order valence-corrected chi connectivity index (χ2v) is 3.76. The van der Waals surface area contributed by atoms with Gasteiger partial charge in [-0.2, -0.15) is 0 Å². The van der Waals surface area contributed by atoms with Crippen molar-refractivity contribution in [1.29, 1.82) is 0 Å². The quantitative estimate of drug-likeness (QED) is 0.795. The Labute approximate surface area is 94.4 Å². The largest absolute Gasteiger partial charge is 0.467 e. The average molecular weight is 224 g/mol. The van der Waals surface area contributed by atoms with E-state index in [1.165, 1.54) is 0 Å². The molecule has 5 heteroatoms. The van der Waals surface area contributed by atoms with Crippen LogP contribution >= 0.6 is 0 Å². The third-order valence-corrected chi connectivity index (χ3v) is 2.58. The zero-order valence-corrected chi connectivity index (χ0v) is 9.31. The van der Waals surface area contributed by atoms with Gasteiger partial charge in [-0.3, -0.25) is 4.79 Å². The second kappa shape index (κ2) is 5.14. The van der Waals surface area contributed by atoms with E-state index in [0.717, 1.165) is 5.76 Å². The lowest BCUT2D eigenvalue weighted by atomic mass is 10.2. The molecule has 1 amide bonds. The minimum Gasteiger partial charge on any atom is -0.467 e. The van der Waals surface area contributed by atoms with E-state index in [4.69, 9.17) is 9.15 Å². The Balaban J connectivity index is 1.96. The van der Waals surface area contributed by atoms with E-state index in [1.807, 2.05) is 19.2 Å². The molecule has 0 bridgehead atoms. The van der Waals surface area contributed by atoms with Gasteiger partial charge >= 0.3 is 0 Å². The Morgan fingerprint density at radius 2 is 2.50 bits per heavy atom. The van der Waals surface area contributed by atoms with Crippen LogP contribution in [0.4, 0.5) is 0 Å². The SMILES string of the molecule is CNCC1OCCN(Cc2ccco2)C1=O. The number of hydrogen-bond donors (Lipinski definition) is 1. The number of nitrogens with one attached hydrogen (secondary N) is 1. The van der Waals surface area contributed by atoms with Gasteiger partial charge in [-0.15, -0.1) is 0 Å². The molecular weight excluding hydrogens is 208 g/mol. The molecule has 0 spiro atoms. The number of furan rings is 1. The van der Waals surface area contributed by atoms with Crippen LogP contribution in [0.25, 0.3) is 0 Å². The smallest absolute Gasteiger partial charge is 0.253 e. The average Bonchev–Trinajstić information content (AvgIpc) is 2.77. The first-order valence-electron chi connectivity index (χ1n) is 5.38. The fraction of sp³-hybridized carbons (Fsp3) is 0.545. The third kappa shape index (κ3) is 2.43. The maximum absolute atomic E-state index is 12.0. The first kappa shape index (κ1) is 11.2. The summed E-state index contributed by atoms with van der Waals surface area (Å²) in [4.78, 5) is 13.7. The van der Waals surface area contributed by atoms with Gasteiger partial charge in [0.2, 0.25) is 0 Å². The Kier molecular flexibility index (Phi) is 3.58. The van der Waals surface area contributed by atoms with E-state index in [0.29, 0.717) is 26.2 Å². The van der Waals surface area contributed by atoms with Gasteiger partial charge in [-0.05, 0) is 19.2 Å². The lowest BCUT2D eigenvalue weighted by Gasteiger charge is -2.31. The number of hydrogen-bond acceptors (Lipinski definition) is 4. The highest BCUT2D eigenvalue weighted by atomic mass is 16.5. The summed E-state index contributed by atoms with van der Waals surface area (Å²) in [5, 5.41) is 2.95. The predicted octanol–water partition coefficient (Wildman–Crippen LogP) is 0.226. The van der Waals surface area contributed by atoms with Crippen LogP contribution in [0, 0.1) is 0 Å². The van der Waals surface area contributed by atoms with Gasteiger partial charge in [0.25, 0.3) is 5.91 Å². The molecule has 1 saturated heterocycles. The van der Waals surface area contributed by atoms with Gasteiger partial charge in [0, 0.05) is 13.1 Å². The molecule has 1 unspecified atom stereocenters. The third-order valence-electron chi connectivity index (χ3n) is 2.58. The highest BCUT2D eigenvalue weighted by molar-refractivity contribution is 5.81. The molecule has 5 nitrogen and oxygen atoms in total. The number of amides is 1. The molecule has 1 aromatic rings. The van der Waals surface area contributed by atoms with Gasteiger partial charge in [0.15, 0.2) is 0 Å². The van der Waals surface area contributed by atoms with Crippen LogP contribution in [0.5, 0.6) is 0 Å². The Morgan fingerprint density at radius 3 is 3.19 bits per heavy atom. The van der Waals surface area contributed by atoms with Gasteiger partial charge in [-0.25, -0.2) is 0 Å². The number of carbonyl (C=O) groups excluding carboxylic acids is 1. The highest BCUT2D eigenvalue weighted by Gasteiger charge is 2.29. The summed E-state index contributed by atoms with van der Waals surface area (Å²) >= 11 is 0. The minimum atomic E-state index is -0.367. The molecule has 16 heavy (non-hydrogen) atoms. The van der Waals surface area contributed by atoms with E-state index in [-0.39, 0.29) is 12.0 Å². The number of carbonyl (C=O) groups is 1. The highest BCUT2D eigenvalue weighted by Crippen LogP contribution is 2.11. The van der Waals surface area contributed by atoms with Crippen LogP contribution in [-0.2, 0) is 16.1 Å². The lowest BCUT2D eigenvalue weighted by molar-refractivity contribution is -0.153. The van der Waals surface area contributed by atoms with E-state index in [1.54, 1.807) is 11.2 Å². The second-order valence-electron chi connectivity index (χ2n) is 3.76. The minimum absolute atomic E-state index is 0.0250. The van der Waals surface area contributed by atoms with Crippen molar-refractivity contribution < 1.29 is 13.9 Å². The fourth-order valence-electron chi connectivity index (χ4n) is 1.77. The van der Waals surface area contributed by atoms with Gasteiger partial charge in [0.05, 0.1) is 19.4 Å². The molecule has 88 valence electrons. The molecule has 1 fully saturated rings. The molecule has 2 heterocycles. The van der Waals surface area contributed by atoms with Crippen molar-refractivity contribution >= 4 is 5.91 Å². The van der Waals surface area contributed by atoms with Crippen LogP contribution in [0.3, 0.4) is 0 Å². The molecule has 1 N–H and O–H groups in total. The van der Waals surface area contributed by atoms with Gasteiger partial charge in [-0.1, -0.05) is 0 Å². The van der Waals surface area contributed by atoms with E-state index in [2.05, 4.69) is 5.32 Å². The van der Waals surface area contributed by atoms with E-state index < -0.39 is 0 Å². The maximum Gasteiger partial charge on any atom is 0.253 e. The molecule has 0 aromatic carbocycles. The van der Waals surface area contributed by atoms with Crippen molar-refractivity contribution in [3.63, 3.8) is 0 Å². The molecule has 1 atom stereocenters. The number of nitrogens with zero attached hydrogens (tertiary/aromatic N) is 1. The number of ether oxygens (including phenoxy) is 1. The van der Waals surface area contributed by atoms with Crippen LogP contribution in [0.15, 0.2) is 22.8 Å². The van der Waals surface area contributed by atoms with Crippen LogP contribution in [0.1, 0.15) is 5.76 Å². The van der Waals surface area contributed by atoms with Gasteiger partial charge < -0.3 is 19.4 Å². The van der Waals surface area contributed by atoms with Crippen LogP contribution < -0.4 is 5.32 Å². The number of rotatable bonds is 4. The molecular formula is C11H16N2O3. The molecule has 2 rings (SSSR count). The Bertz CT molecular complexity index is 335. The summed E-state index contributed by atoms with van der Waals surface area (Å²) in [6.45, 7) is 2.28. The summed E-state index contributed by atoms with van der Waals surface area (Å²) in [7, 11) is 1.81. The molecule has 0 aliphatic carbocycles. The monoisotopic (exact) mass is 224 g/mol. The van der Waals surface area contributed by atoms with Crippen molar-refractivity contribution in [2.75, 3.05) is 26.7 Å². The van der Waals surface area contributed by atoms with Crippen LogP contribution in [-0.4, -0.2) is 43.7 Å². The van der Waals surface area contributed by atoms with Crippen LogP contribution in [0.2, 0.25) is 0 Å². The lowest BCUT2D eigenvalue weighted by Crippen LogP contribution is -2.50. The fourth-order valence-corrected chi connectivity index (χ4v) is 1.77. The number of likely N-dealkylation sites (N-methyl/N-ethyl adjacent to an activating group) is 1. The Morgan fingerprint density at radius 1 is 1.62 bits per heavy atom. The van der Waals surface area contributed by atoms with Crippen molar-refractivity contribution in [2.45, 2.75) is 12.6 Å². The van der Waals surface area contributed by atoms with Crippen molar-refractivity contribution in [3.05, 3.63) is 24.2 Å². The zero-order valence-electron chi connectivity index (χ0n) is 9.31. The van der Waals surface area contributed by atoms with Crippen molar-refractivity contribution in [1.82, 2.24) is 10.2 Å². The topological polar surface area (TPSA) is 54.7 Å². The van der Waals surface area contributed by atoms with Gasteiger partial charge in [0.1, 0.15) is 11.9 Å². The standard InChI is InChI=1S/C11H16N2O3/c1-12-7-10-11(14)13(4-6-16-10)8-9-3-2-5-15-9/h2-3,5,10,12H,4,6-8H2,1H3. The summed E-state index contributed by atoms with van der Waals surface area (Å²) < 4.78 is 10.6. The molecule has 0 radical (unpaired) electrons. The summed E-state index contributed by atoms with van der Waals surface area (Å²) in [5.41, 5.74) is 0. The first-order chi connectivity index (χ1) is 7.81. The molecule has 1 aromatic heterocycles. The maximum atomic E-state index is 12.0. The number of morpholine rings is 1. The summed E-state index contributed by atoms with van der Waals surface area (Å²) in [5.74, 6) is 0.829.